The van der Waals surface area contributed by atoms with Gasteiger partial charge in [0.2, 0.25) is 5.66 Å². The van der Waals surface area contributed by atoms with E-state index in [2.05, 4.69) is 23.4 Å². The van der Waals surface area contributed by atoms with Crippen LogP contribution in [0.3, 0.4) is 0 Å². The molecule has 5 heterocycles. The molecule has 2 aliphatic heterocycles. The first kappa shape index (κ1) is 34.9. The van der Waals surface area contributed by atoms with Crippen molar-refractivity contribution in [1.82, 2.24) is 25.3 Å². The maximum Gasteiger partial charge on any atom is 0.426 e. The van der Waals surface area contributed by atoms with Crippen molar-refractivity contribution in [2.75, 3.05) is 32.1 Å². The van der Waals surface area contributed by atoms with Crippen LogP contribution in [0.4, 0.5) is 13.2 Å². The van der Waals surface area contributed by atoms with Crippen molar-refractivity contribution >= 4 is 56.3 Å². The van der Waals surface area contributed by atoms with Gasteiger partial charge in [-0.05, 0) is 42.5 Å². The van der Waals surface area contributed by atoms with Gasteiger partial charge in [-0.2, -0.15) is 13.2 Å². The summed E-state index contributed by atoms with van der Waals surface area (Å²) in [5.41, 5.74) is 3.12. The van der Waals surface area contributed by atoms with E-state index in [1.807, 2.05) is 12.3 Å². The Kier molecular flexibility index (Phi) is 10.0. The van der Waals surface area contributed by atoms with E-state index in [0.29, 0.717) is 26.7 Å². The Morgan fingerprint density at radius 3 is 2.71 bits per heavy atom. The number of terminal acetylenes is 1. The van der Waals surface area contributed by atoms with Gasteiger partial charge < -0.3 is 14.4 Å². The molecule has 2 aliphatic rings. The standard InChI is InChI=1S/C33H30F3N5O5S3/c1-4-11-45-12-13-46-24-15-20(32(38-39-32)33(34,35)36)7-8-21(24)29(43)40-10-9-22-26(17-40)49-28-27(22)30(44)41(16-19(2)3)31(37-28)48-18-23(42)25-6-5-14-47-25/h1,5-8,14-15,38-39H,2,9-13,16-18H2,3H3. The van der Waals surface area contributed by atoms with E-state index < -0.39 is 17.7 Å². The molecule has 1 amide bonds. The number of nitrogens with zero attached hydrogens (tertiary/aromatic N) is 3. The number of Topliss-reactive ketones (excluding diaryl/α,β-unsaturated/α-hetero) is 1. The predicted octanol–water partition coefficient (Wildman–Crippen LogP) is 5.12. The number of hydrogen-bond acceptors (Lipinski definition) is 11. The molecule has 16 heteroatoms. The molecule has 49 heavy (non-hydrogen) atoms. The van der Waals surface area contributed by atoms with Crippen molar-refractivity contribution in [3.8, 4) is 18.1 Å². The largest absolute Gasteiger partial charge is 0.490 e. The summed E-state index contributed by atoms with van der Waals surface area (Å²) in [7, 11) is 0. The molecule has 0 spiro atoms. The molecule has 0 aliphatic carbocycles. The second kappa shape index (κ2) is 14.1. The van der Waals surface area contributed by atoms with E-state index >= 15 is 0 Å². The lowest BCUT2D eigenvalue weighted by atomic mass is 9.99. The molecule has 0 atom stereocenters. The summed E-state index contributed by atoms with van der Waals surface area (Å²) in [5, 5.41) is 2.71. The van der Waals surface area contributed by atoms with Gasteiger partial charge in [-0.15, -0.1) is 29.1 Å². The quantitative estimate of drug-likeness (QED) is 0.0366. The SMILES string of the molecule is C#CCOCCOc1cc(C2(C(F)(F)F)NN2)ccc1C(=O)N1CCc2c(sc3nc(SCC(=O)c4cccs4)n(CC(=C)C)c(=O)c23)C1. The Morgan fingerprint density at radius 2 is 2.04 bits per heavy atom. The highest BCUT2D eigenvalue weighted by Gasteiger charge is 2.65. The first-order valence-corrected chi connectivity index (χ1v) is 17.7. The van der Waals surface area contributed by atoms with Gasteiger partial charge in [0.15, 0.2) is 10.9 Å². The van der Waals surface area contributed by atoms with Crippen molar-refractivity contribution in [2.24, 2.45) is 0 Å². The number of thioether (sulfide) groups is 1. The highest BCUT2D eigenvalue weighted by molar-refractivity contribution is 7.99. The fourth-order valence-corrected chi connectivity index (χ4v) is 8.38. The number of aromatic nitrogens is 2. The maximum absolute atomic E-state index is 13.9. The van der Waals surface area contributed by atoms with E-state index in [4.69, 9.17) is 20.9 Å². The lowest BCUT2D eigenvalue weighted by molar-refractivity contribution is -0.165. The number of thiophene rings is 2. The molecule has 3 aromatic heterocycles. The van der Waals surface area contributed by atoms with Crippen LogP contribution in [0.25, 0.3) is 10.2 Å². The highest BCUT2D eigenvalue weighted by atomic mass is 32.2. The third kappa shape index (κ3) is 7.05. The number of halogens is 3. The number of allylic oxidation sites excluding steroid dienone is 1. The summed E-state index contributed by atoms with van der Waals surface area (Å²) in [6, 6.07) is 7.32. The summed E-state index contributed by atoms with van der Waals surface area (Å²) >= 11 is 3.85. The first-order valence-electron chi connectivity index (χ1n) is 15.0. The molecule has 0 saturated carbocycles. The smallest absolute Gasteiger partial charge is 0.426 e. The zero-order valence-corrected chi connectivity index (χ0v) is 28.6. The van der Waals surface area contributed by atoms with Crippen LogP contribution in [0, 0.1) is 12.3 Å². The number of rotatable bonds is 13. The van der Waals surface area contributed by atoms with E-state index in [0.717, 1.165) is 16.0 Å². The molecule has 256 valence electrons. The number of fused-ring (bicyclic) bond motifs is 3. The summed E-state index contributed by atoms with van der Waals surface area (Å²) < 4.78 is 54.0. The predicted molar refractivity (Wildman–Crippen MR) is 182 cm³/mol. The van der Waals surface area contributed by atoms with Crippen molar-refractivity contribution in [3.63, 3.8) is 0 Å². The first-order chi connectivity index (χ1) is 23.4. The third-order valence-corrected chi connectivity index (χ3v) is 10.9. The van der Waals surface area contributed by atoms with Crippen molar-refractivity contribution in [1.29, 1.82) is 0 Å². The molecule has 1 saturated heterocycles. The number of carbonyl (C=O) groups excluding carboxylic acids is 2. The van der Waals surface area contributed by atoms with Gasteiger partial charge in [0.1, 0.15) is 23.8 Å². The van der Waals surface area contributed by atoms with Crippen LogP contribution >= 0.6 is 34.4 Å². The van der Waals surface area contributed by atoms with Crippen LogP contribution in [0.2, 0.25) is 0 Å². The molecule has 1 fully saturated rings. The van der Waals surface area contributed by atoms with E-state index in [1.165, 1.54) is 57.2 Å². The molecular weight excluding hydrogens is 700 g/mol. The van der Waals surface area contributed by atoms with Crippen LogP contribution in [-0.4, -0.2) is 64.4 Å². The Morgan fingerprint density at radius 1 is 1.24 bits per heavy atom. The summed E-state index contributed by atoms with van der Waals surface area (Å²) in [6.07, 6.45) is 0.922. The maximum atomic E-state index is 13.9. The number of alkyl halides is 3. The Labute approximate surface area is 291 Å². The molecule has 4 aromatic rings. The van der Waals surface area contributed by atoms with E-state index in [9.17, 15) is 27.6 Å². The van der Waals surface area contributed by atoms with Gasteiger partial charge in [0.25, 0.3) is 11.5 Å². The summed E-state index contributed by atoms with van der Waals surface area (Å²) in [5.74, 6) is 1.89. The number of nitrogens with one attached hydrogen (secondary N) is 2. The molecule has 0 bridgehead atoms. The number of hydrogen-bond donors (Lipinski definition) is 2. The number of amides is 1. The lowest BCUT2D eigenvalue weighted by Crippen LogP contribution is -2.37. The highest BCUT2D eigenvalue weighted by Crippen LogP contribution is 2.44. The zero-order chi connectivity index (χ0) is 34.9. The van der Waals surface area contributed by atoms with Crippen LogP contribution in [-0.2, 0) is 29.9 Å². The second-order valence-corrected chi connectivity index (χ2v) is 14.4. The van der Waals surface area contributed by atoms with Gasteiger partial charge in [0, 0.05) is 23.5 Å². The number of carbonyl (C=O) groups is 2. The molecule has 2 N–H and O–H groups in total. The average Bonchev–Trinajstić information content (AvgIpc) is 3.56. The van der Waals surface area contributed by atoms with Crippen molar-refractivity contribution < 1.29 is 32.2 Å². The zero-order valence-electron chi connectivity index (χ0n) is 26.1. The Balaban J connectivity index is 1.28. The van der Waals surface area contributed by atoms with Gasteiger partial charge in [-0.1, -0.05) is 42.0 Å². The number of hydrazine groups is 1. The Bertz CT molecular complexity index is 2030. The fraction of sp³-hybridized carbons (Fsp3) is 0.333. The molecule has 10 nitrogen and oxygen atoms in total. The molecule has 1 aromatic carbocycles. The fourth-order valence-electron chi connectivity index (χ4n) is 5.46. The molecule has 0 radical (unpaired) electrons. The Hall–Kier alpha value is -3.98. The minimum Gasteiger partial charge on any atom is -0.490 e. The van der Waals surface area contributed by atoms with E-state index in [-0.39, 0.29) is 73.4 Å². The normalized spacial score (nSPS) is 15.1. The minimum absolute atomic E-state index is 0.0313. The summed E-state index contributed by atoms with van der Waals surface area (Å²) in [6.45, 7) is 6.48. The number of ketones is 1. The van der Waals surface area contributed by atoms with Crippen molar-refractivity contribution in [3.05, 3.63) is 84.7 Å². The average molecular weight is 730 g/mol. The monoisotopic (exact) mass is 729 g/mol. The van der Waals surface area contributed by atoms with E-state index in [1.54, 1.807) is 17.0 Å². The molecule has 6 rings (SSSR count). The number of benzene rings is 1. The van der Waals surface area contributed by atoms with Gasteiger partial charge in [0.05, 0.1) is 34.7 Å². The third-order valence-electron chi connectivity index (χ3n) is 7.88. The van der Waals surface area contributed by atoms with Gasteiger partial charge in [-0.3, -0.25) is 19.0 Å². The van der Waals surface area contributed by atoms with Crippen molar-refractivity contribution in [2.45, 2.75) is 43.4 Å². The van der Waals surface area contributed by atoms with Gasteiger partial charge >= 0.3 is 6.18 Å². The minimum atomic E-state index is -4.65. The van der Waals surface area contributed by atoms with Gasteiger partial charge in [-0.25, -0.2) is 15.8 Å². The van der Waals surface area contributed by atoms with Crippen LogP contribution in [0.5, 0.6) is 5.75 Å². The van der Waals surface area contributed by atoms with Crippen LogP contribution < -0.4 is 21.1 Å². The molecule has 0 unspecified atom stereocenters. The number of ether oxygens (including phenoxy) is 2. The topological polar surface area (TPSA) is 135 Å². The second-order valence-electron chi connectivity index (χ2n) is 11.4. The van der Waals surface area contributed by atoms with Crippen LogP contribution in [0.15, 0.2) is 57.8 Å². The summed E-state index contributed by atoms with van der Waals surface area (Å²) in [4.78, 5) is 48.8. The molecular formula is C33H30F3N5O5S3. The lowest BCUT2D eigenvalue weighted by Gasteiger charge is -2.28. The van der Waals surface area contributed by atoms with Crippen LogP contribution in [0.1, 0.15) is 43.0 Å².